The van der Waals surface area contributed by atoms with Gasteiger partial charge in [0.1, 0.15) is 11.3 Å². The number of alkyl halides is 2. The predicted octanol–water partition coefficient (Wildman–Crippen LogP) is 4.21. The first-order valence-corrected chi connectivity index (χ1v) is 8.09. The van der Waals surface area contributed by atoms with E-state index in [4.69, 9.17) is 4.74 Å². The monoisotopic (exact) mass is 347 g/mol. The Kier molecular flexibility index (Phi) is 4.17. The van der Waals surface area contributed by atoms with Gasteiger partial charge in [-0.1, -0.05) is 6.07 Å². The number of aromatic nitrogens is 3. The first-order valence-electron chi connectivity index (χ1n) is 8.09. The lowest BCUT2D eigenvalue weighted by atomic mass is 10.0. The van der Waals surface area contributed by atoms with Crippen LogP contribution in [-0.2, 0) is 11.3 Å². The first kappa shape index (κ1) is 16.1. The van der Waals surface area contributed by atoms with E-state index in [1.807, 2.05) is 10.7 Å². The van der Waals surface area contributed by atoms with Crippen LogP contribution in [0.3, 0.4) is 0 Å². The third kappa shape index (κ3) is 3.11. The molecule has 4 nitrogen and oxygen atoms in total. The van der Waals surface area contributed by atoms with E-state index in [0.29, 0.717) is 23.7 Å². The van der Waals surface area contributed by atoms with E-state index in [9.17, 15) is 13.2 Å². The van der Waals surface area contributed by atoms with Gasteiger partial charge < -0.3 is 4.74 Å². The highest BCUT2D eigenvalue weighted by Gasteiger charge is 2.18. The van der Waals surface area contributed by atoms with Crippen molar-refractivity contribution < 1.29 is 17.9 Å². The molecule has 0 N–H and O–H groups in total. The van der Waals surface area contributed by atoms with Crippen LogP contribution in [0.5, 0.6) is 0 Å². The van der Waals surface area contributed by atoms with Crippen LogP contribution in [0, 0.1) is 11.7 Å². The van der Waals surface area contributed by atoms with Crippen LogP contribution in [0.2, 0.25) is 0 Å². The van der Waals surface area contributed by atoms with Gasteiger partial charge in [-0.05, 0) is 30.2 Å². The number of pyridine rings is 1. The van der Waals surface area contributed by atoms with Gasteiger partial charge in [-0.2, -0.15) is 5.10 Å². The van der Waals surface area contributed by atoms with Gasteiger partial charge in [-0.25, -0.2) is 13.2 Å². The molecule has 0 unspecified atom stereocenters. The lowest BCUT2D eigenvalue weighted by Crippen LogP contribution is -2.11. The molecule has 3 heterocycles. The topological polar surface area (TPSA) is 39.9 Å². The summed E-state index contributed by atoms with van der Waals surface area (Å²) in [6, 6.07) is 5.58. The molecule has 1 aliphatic rings. The molecule has 0 amide bonds. The van der Waals surface area contributed by atoms with E-state index >= 15 is 0 Å². The number of ether oxygens (including phenoxy) is 1. The molecule has 0 saturated carbocycles. The van der Waals surface area contributed by atoms with Crippen molar-refractivity contribution in [1.82, 2.24) is 14.8 Å². The molecule has 25 heavy (non-hydrogen) atoms. The normalized spacial score (nSPS) is 17.7. The molecular formula is C18H16F3N3O. The number of benzene rings is 1. The number of fused-ring (bicyclic) bond motifs is 1. The summed E-state index contributed by atoms with van der Waals surface area (Å²) in [6.07, 6.45) is 1.41. The highest BCUT2D eigenvalue weighted by molar-refractivity contribution is 5.80. The van der Waals surface area contributed by atoms with Crippen LogP contribution >= 0.6 is 0 Å². The predicted molar refractivity (Wildman–Crippen MR) is 86.8 cm³/mol. The summed E-state index contributed by atoms with van der Waals surface area (Å²) < 4.78 is 46.6. The van der Waals surface area contributed by atoms with Crippen LogP contribution < -0.4 is 0 Å². The molecule has 130 valence electrons. The average molecular weight is 347 g/mol. The quantitative estimate of drug-likeness (QED) is 0.710. The Morgan fingerprint density at radius 1 is 1.20 bits per heavy atom. The second-order valence-corrected chi connectivity index (χ2v) is 6.22. The SMILES string of the molecule is Fc1ccc(-c2cnc3cnn(C[C@H]4CCOC4)c3c2)cc1C(F)F. The van der Waals surface area contributed by atoms with Crippen molar-refractivity contribution in [2.75, 3.05) is 13.2 Å². The highest BCUT2D eigenvalue weighted by Crippen LogP contribution is 2.29. The van der Waals surface area contributed by atoms with Gasteiger partial charge in [0.05, 0.1) is 23.9 Å². The maximum absolute atomic E-state index is 13.5. The molecule has 1 atom stereocenters. The molecule has 1 aliphatic heterocycles. The summed E-state index contributed by atoms with van der Waals surface area (Å²) in [6.45, 7) is 2.20. The summed E-state index contributed by atoms with van der Waals surface area (Å²) in [7, 11) is 0. The Hall–Kier alpha value is -2.41. The Balaban J connectivity index is 1.72. The largest absolute Gasteiger partial charge is 0.381 e. The van der Waals surface area contributed by atoms with Crippen LogP contribution in [-0.4, -0.2) is 28.0 Å². The Bertz CT molecular complexity index is 904. The third-order valence-corrected chi connectivity index (χ3v) is 4.51. The highest BCUT2D eigenvalue weighted by atomic mass is 19.3. The Morgan fingerprint density at radius 3 is 2.84 bits per heavy atom. The minimum Gasteiger partial charge on any atom is -0.381 e. The summed E-state index contributed by atoms with van der Waals surface area (Å²) in [5, 5.41) is 4.37. The van der Waals surface area contributed by atoms with Crippen LogP contribution in [0.1, 0.15) is 18.4 Å². The second kappa shape index (κ2) is 6.48. The maximum Gasteiger partial charge on any atom is 0.266 e. The molecule has 7 heteroatoms. The minimum atomic E-state index is -2.86. The van der Waals surface area contributed by atoms with E-state index in [-0.39, 0.29) is 0 Å². The van der Waals surface area contributed by atoms with E-state index in [2.05, 4.69) is 10.1 Å². The molecule has 0 radical (unpaired) electrons. The van der Waals surface area contributed by atoms with Crippen molar-refractivity contribution >= 4 is 11.0 Å². The van der Waals surface area contributed by atoms with Gasteiger partial charge >= 0.3 is 0 Å². The lowest BCUT2D eigenvalue weighted by Gasteiger charge is -2.10. The zero-order valence-corrected chi connectivity index (χ0v) is 13.3. The number of halogens is 3. The fraction of sp³-hybridized carbons (Fsp3) is 0.333. The molecular weight excluding hydrogens is 331 g/mol. The molecule has 1 aromatic carbocycles. The summed E-state index contributed by atoms with van der Waals surface area (Å²) in [5.74, 6) is -0.498. The maximum atomic E-state index is 13.5. The summed E-state index contributed by atoms with van der Waals surface area (Å²) in [5.41, 5.74) is 2.11. The third-order valence-electron chi connectivity index (χ3n) is 4.51. The number of hydrogen-bond acceptors (Lipinski definition) is 3. The lowest BCUT2D eigenvalue weighted by molar-refractivity contribution is 0.146. The Labute approximate surface area is 142 Å². The van der Waals surface area contributed by atoms with E-state index in [1.165, 1.54) is 12.1 Å². The van der Waals surface area contributed by atoms with Crippen LogP contribution in [0.4, 0.5) is 13.2 Å². The average Bonchev–Trinajstić information content (AvgIpc) is 3.25. The number of nitrogens with zero attached hydrogens (tertiary/aromatic N) is 3. The summed E-state index contributed by atoms with van der Waals surface area (Å²) >= 11 is 0. The molecule has 0 aliphatic carbocycles. The Morgan fingerprint density at radius 2 is 2.08 bits per heavy atom. The van der Waals surface area contributed by atoms with Crippen molar-refractivity contribution in [2.24, 2.45) is 5.92 Å². The van der Waals surface area contributed by atoms with Gasteiger partial charge in [-0.3, -0.25) is 9.67 Å². The molecule has 3 aromatic rings. The van der Waals surface area contributed by atoms with Gasteiger partial charge in [0, 0.05) is 30.8 Å². The zero-order valence-electron chi connectivity index (χ0n) is 13.3. The van der Waals surface area contributed by atoms with Gasteiger partial charge in [-0.15, -0.1) is 0 Å². The molecule has 2 aromatic heterocycles. The number of rotatable bonds is 4. The van der Waals surface area contributed by atoms with Crippen molar-refractivity contribution in [3.05, 3.63) is 48.0 Å². The van der Waals surface area contributed by atoms with E-state index < -0.39 is 17.8 Å². The van der Waals surface area contributed by atoms with E-state index in [0.717, 1.165) is 36.7 Å². The van der Waals surface area contributed by atoms with Crippen molar-refractivity contribution in [3.63, 3.8) is 0 Å². The summed E-state index contributed by atoms with van der Waals surface area (Å²) in [4.78, 5) is 4.35. The molecule has 1 fully saturated rings. The van der Waals surface area contributed by atoms with Gasteiger partial charge in [0.15, 0.2) is 0 Å². The van der Waals surface area contributed by atoms with Gasteiger partial charge in [0.25, 0.3) is 6.43 Å². The van der Waals surface area contributed by atoms with Gasteiger partial charge in [0.2, 0.25) is 0 Å². The zero-order chi connectivity index (χ0) is 17.4. The fourth-order valence-electron chi connectivity index (χ4n) is 3.12. The fourth-order valence-corrected chi connectivity index (χ4v) is 3.12. The smallest absolute Gasteiger partial charge is 0.266 e. The van der Waals surface area contributed by atoms with Crippen molar-refractivity contribution in [1.29, 1.82) is 0 Å². The molecule has 1 saturated heterocycles. The van der Waals surface area contributed by atoms with Crippen LogP contribution in [0.25, 0.3) is 22.2 Å². The second-order valence-electron chi connectivity index (χ2n) is 6.22. The standard InChI is InChI=1S/C18H16F3N3O/c19-15-2-1-12(5-14(15)18(20)21)13-6-17-16(22-7-13)8-23-24(17)9-11-3-4-25-10-11/h1-2,5-8,11,18H,3-4,9-10H2/t11-/m1/s1. The number of hydrogen-bond donors (Lipinski definition) is 0. The first-order chi connectivity index (χ1) is 12.1. The van der Waals surface area contributed by atoms with Crippen LogP contribution in [0.15, 0.2) is 36.7 Å². The molecule has 4 rings (SSSR count). The van der Waals surface area contributed by atoms with Crippen molar-refractivity contribution in [2.45, 2.75) is 19.4 Å². The van der Waals surface area contributed by atoms with E-state index in [1.54, 1.807) is 12.4 Å². The minimum absolute atomic E-state index is 0.406. The molecule has 0 bridgehead atoms. The van der Waals surface area contributed by atoms with Crippen molar-refractivity contribution in [3.8, 4) is 11.1 Å². The molecule has 0 spiro atoms.